The van der Waals surface area contributed by atoms with Gasteiger partial charge in [-0.05, 0) is 24.3 Å². The Balaban J connectivity index is 0.00000300. The molecule has 0 unspecified atom stereocenters. The third-order valence-corrected chi connectivity index (χ3v) is 4.49. The first-order chi connectivity index (χ1) is 13.6. The number of rotatable bonds is 5. The average Bonchev–Trinajstić information content (AvgIpc) is 3.23. The number of benzene rings is 1. The maximum absolute atomic E-state index is 14.0. The van der Waals surface area contributed by atoms with Gasteiger partial charge in [-0.3, -0.25) is 9.79 Å². The number of piperazine rings is 1. The minimum atomic E-state index is -0.461. The molecule has 3 rings (SSSR count). The monoisotopic (exact) mass is 519 g/mol. The predicted molar refractivity (Wildman–Crippen MR) is 117 cm³/mol. The lowest BCUT2D eigenvalue weighted by Crippen LogP contribution is -2.53. The van der Waals surface area contributed by atoms with Crippen molar-refractivity contribution in [3.05, 3.63) is 54.0 Å². The van der Waals surface area contributed by atoms with Crippen LogP contribution in [0.25, 0.3) is 0 Å². The zero-order chi connectivity index (χ0) is 19.9. The summed E-state index contributed by atoms with van der Waals surface area (Å²) in [5.74, 6) is 0.186. The summed E-state index contributed by atoms with van der Waals surface area (Å²) in [5.41, 5.74) is 0.264. The van der Waals surface area contributed by atoms with Gasteiger partial charge in [-0.2, -0.15) is 0 Å². The Kier molecular flexibility index (Phi) is 8.68. The fourth-order valence-corrected chi connectivity index (χ4v) is 3.04. The average molecular weight is 519 g/mol. The molecule has 1 aromatic carbocycles. The molecule has 2 heterocycles. The van der Waals surface area contributed by atoms with E-state index in [-0.39, 0.29) is 42.1 Å². The van der Waals surface area contributed by atoms with Crippen LogP contribution in [0.3, 0.4) is 0 Å². The van der Waals surface area contributed by atoms with Crippen molar-refractivity contribution in [2.45, 2.75) is 6.54 Å². The van der Waals surface area contributed by atoms with Gasteiger partial charge in [0.1, 0.15) is 17.4 Å². The van der Waals surface area contributed by atoms with E-state index in [4.69, 9.17) is 4.42 Å². The van der Waals surface area contributed by atoms with E-state index >= 15 is 0 Å². The Hall–Kier alpha value is -2.37. The van der Waals surface area contributed by atoms with Crippen LogP contribution in [0.4, 0.5) is 14.5 Å². The Morgan fingerprint density at radius 3 is 2.59 bits per heavy atom. The molecule has 1 aliphatic heterocycles. The van der Waals surface area contributed by atoms with E-state index in [0.29, 0.717) is 44.4 Å². The minimum Gasteiger partial charge on any atom is -0.467 e. The van der Waals surface area contributed by atoms with Gasteiger partial charge in [0, 0.05) is 39.3 Å². The van der Waals surface area contributed by atoms with Gasteiger partial charge >= 0.3 is 0 Å². The van der Waals surface area contributed by atoms with Crippen molar-refractivity contribution in [3.63, 3.8) is 0 Å². The summed E-state index contributed by atoms with van der Waals surface area (Å²) in [6.07, 6.45) is 1.55. The first kappa shape index (κ1) is 22.9. The first-order valence-corrected chi connectivity index (χ1v) is 9.01. The van der Waals surface area contributed by atoms with Gasteiger partial charge in [0.2, 0.25) is 5.91 Å². The van der Waals surface area contributed by atoms with Crippen molar-refractivity contribution in [2.75, 3.05) is 44.7 Å². The van der Waals surface area contributed by atoms with Crippen LogP contribution in [-0.4, -0.2) is 56.5 Å². The molecule has 29 heavy (non-hydrogen) atoms. The van der Waals surface area contributed by atoms with Crippen LogP contribution in [0.1, 0.15) is 5.76 Å². The van der Waals surface area contributed by atoms with Gasteiger partial charge in [-0.25, -0.2) is 8.78 Å². The molecular formula is C19H24F2IN5O2. The molecule has 1 amide bonds. The molecule has 0 bridgehead atoms. The van der Waals surface area contributed by atoms with Crippen LogP contribution in [0.2, 0.25) is 0 Å². The van der Waals surface area contributed by atoms with E-state index in [1.165, 1.54) is 6.07 Å². The topological polar surface area (TPSA) is 73.1 Å². The molecule has 2 N–H and O–H groups in total. The third kappa shape index (κ3) is 6.31. The van der Waals surface area contributed by atoms with Crippen LogP contribution in [0, 0.1) is 11.6 Å². The lowest BCUT2D eigenvalue weighted by molar-refractivity contribution is -0.120. The number of nitrogens with zero attached hydrogens (tertiary/aromatic N) is 3. The largest absolute Gasteiger partial charge is 0.467 e. The minimum absolute atomic E-state index is 0. The summed E-state index contributed by atoms with van der Waals surface area (Å²) in [4.78, 5) is 20.0. The van der Waals surface area contributed by atoms with Crippen molar-refractivity contribution in [1.82, 2.24) is 15.5 Å². The number of guanidine groups is 1. The molecule has 7 nitrogen and oxygen atoms in total. The number of furan rings is 1. The van der Waals surface area contributed by atoms with Gasteiger partial charge in [-0.15, -0.1) is 24.0 Å². The van der Waals surface area contributed by atoms with Crippen LogP contribution in [-0.2, 0) is 11.3 Å². The molecule has 1 aliphatic rings. The number of hydrogen-bond acceptors (Lipinski definition) is 4. The van der Waals surface area contributed by atoms with Gasteiger partial charge in [0.25, 0.3) is 0 Å². The molecule has 0 radical (unpaired) electrons. The van der Waals surface area contributed by atoms with Crippen LogP contribution in [0.5, 0.6) is 0 Å². The van der Waals surface area contributed by atoms with Gasteiger partial charge in [0.05, 0.1) is 25.0 Å². The highest BCUT2D eigenvalue weighted by Gasteiger charge is 2.22. The molecule has 1 saturated heterocycles. The lowest BCUT2D eigenvalue weighted by atomic mass is 10.2. The number of anilines is 1. The molecule has 1 aromatic heterocycles. The zero-order valence-electron chi connectivity index (χ0n) is 16.0. The number of aliphatic imine (C=N–C) groups is 1. The number of nitrogens with one attached hydrogen (secondary N) is 2. The van der Waals surface area contributed by atoms with E-state index in [1.807, 2.05) is 4.90 Å². The Morgan fingerprint density at radius 1 is 1.17 bits per heavy atom. The fourth-order valence-electron chi connectivity index (χ4n) is 3.04. The molecule has 1 fully saturated rings. The summed E-state index contributed by atoms with van der Waals surface area (Å²) in [7, 11) is 1.64. The standard InChI is InChI=1S/C19H23F2N5O2.HI/c1-22-19(24-13-18(27)23-12-15-3-2-10-28-15)26-8-6-25(7-9-26)17-11-14(20)4-5-16(17)21;/h2-5,10-11H,6-9,12-13H2,1H3,(H,22,24)(H,23,27);1H. The smallest absolute Gasteiger partial charge is 0.239 e. The van der Waals surface area contributed by atoms with Crippen molar-refractivity contribution in [1.29, 1.82) is 0 Å². The van der Waals surface area contributed by atoms with Crippen LogP contribution in [0.15, 0.2) is 46.0 Å². The Bertz CT molecular complexity index is 824. The second-order valence-electron chi connectivity index (χ2n) is 6.33. The zero-order valence-corrected chi connectivity index (χ0v) is 18.4. The third-order valence-electron chi connectivity index (χ3n) is 4.49. The van der Waals surface area contributed by atoms with Crippen LogP contribution >= 0.6 is 24.0 Å². The highest BCUT2D eigenvalue weighted by atomic mass is 127. The van der Waals surface area contributed by atoms with Crippen molar-refractivity contribution < 1.29 is 18.0 Å². The van der Waals surface area contributed by atoms with E-state index in [9.17, 15) is 13.6 Å². The van der Waals surface area contributed by atoms with E-state index in [2.05, 4.69) is 15.6 Å². The molecule has 2 aromatic rings. The molecule has 0 aliphatic carbocycles. The highest BCUT2D eigenvalue weighted by molar-refractivity contribution is 14.0. The summed E-state index contributed by atoms with van der Waals surface area (Å²) < 4.78 is 32.5. The van der Waals surface area contributed by atoms with Gasteiger partial charge < -0.3 is 24.9 Å². The maximum atomic E-state index is 14.0. The molecule has 10 heteroatoms. The summed E-state index contributed by atoms with van der Waals surface area (Å²) in [6, 6.07) is 7.00. The quantitative estimate of drug-likeness (QED) is 0.360. The number of halogens is 3. The summed E-state index contributed by atoms with van der Waals surface area (Å²) >= 11 is 0. The number of amides is 1. The van der Waals surface area contributed by atoms with Crippen LogP contribution < -0.4 is 15.5 Å². The Labute approximate surface area is 185 Å². The second kappa shape index (κ2) is 11.0. The number of hydrogen-bond donors (Lipinski definition) is 2. The normalized spacial score (nSPS) is 14.4. The first-order valence-electron chi connectivity index (χ1n) is 9.01. The fraction of sp³-hybridized carbons (Fsp3) is 0.368. The lowest BCUT2D eigenvalue weighted by Gasteiger charge is -2.37. The van der Waals surface area contributed by atoms with E-state index in [0.717, 1.165) is 12.1 Å². The highest BCUT2D eigenvalue weighted by Crippen LogP contribution is 2.21. The van der Waals surface area contributed by atoms with Gasteiger partial charge in [0.15, 0.2) is 5.96 Å². The SMILES string of the molecule is CN=C(NCC(=O)NCc1ccco1)N1CCN(c2cc(F)ccc2F)CC1.I. The molecular weight excluding hydrogens is 495 g/mol. The van der Waals surface area contributed by atoms with Crippen molar-refractivity contribution in [2.24, 2.45) is 4.99 Å². The van der Waals surface area contributed by atoms with E-state index in [1.54, 1.807) is 30.3 Å². The molecule has 0 saturated carbocycles. The molecule has 0 spiro atoms. The second-order valence-corrected chi connectivity index (χ2v) is 6.33. The Morgan fingerprint density at radius 2 is 1.93 bits per heavy atom. The maximum Gasteiger partial charge on any atom is 0.239 e. The van der Waals surface area contributed by atoms with Crippen molar-refractivity contribution >= 4 is 41.5 Å². The molecule has 158 valence electrons. The van der Waals surface area contributed by atoms with Gasteiger partial charge in [-0.1, -0.05) is 0 Å². The van der Waals surface area contributed by atoms with Crippen molar-refractivity contribution in [3.8, 4) is 0 Å². The summed E-state index contributed by atoms with van der Waals surface area (Å²) in [6.45, 7) is 2.58. The predicted octanol–water partition coefficient (Wildman–Crippen LogP) is 2.19. The number of carbonyl (C=O) groups is 1. The molecule has 0 atom stereocenters. The number of carbonyl (C=O) groups excluding carboxylic acids is 1. The summed E-state index contributed by atoms with van der Waals surface area (Å²) in [5, 5.41) is 5.78. The van der Waals surface area contributed by atoms with E-state index < -0.39 is 11.6 Å².